The Morgan fingerprint density at radius 2 is 1.94 bits per heavy atom. The minimum Gasteiger partial charge on any atom is -0.496 e. The van der Waals surface area contributed by atoms with Gasteiger partial charge in [-0.25, -0.2) is 4.79 Å². The lowest BCUT2D eigenvalue weighted by molar-refractivity contribution is 0.0696. The molecule has 7 nitrogen and oxygen atoms in total. The number of benzene rings is 2. The molecule has 0 saturated heterocycles. The van der Waals surface area contributed by atoms with E-state index in [4.69, 9.17) is 4.74 Å². The number of aromatic amines is 1. The van der Waals surface area contributed by atoms with E-state index in [1.165, 1.54) is 38.9 Å². The Labute approximate surface area is 180 Å². The van der Waals surface area contributed by atoms with Crippen LogP contribution in [0.2, 0.25) is 0 Å². The van der Waals surface area contributed by atoms with Gasteiger partial charge < -0.3 is 15.2 Å². The van der Waals surface area contributed by atoms with Crippen molar-refractivity contribution in [1.82, 2.24) is 15.5 Å². The van der Waals surface area contributed by atoms with Gasteiger partial charge in [-0.2, -0.15) is 5.10 Å². The summed E-state index contributed by atoms with van der Waals surface area (Å²) in [5, 5.41) is 20.7. The predicted molar refractivity (Wildman–Crippen MR) is 118 cm³/mol. The first kappa shape index (κ1) is 20.9. The SMILES string of the molecule is COc1cc(C(=O)O)ccc1C(C)c1n[nH]c2ccc(C(=O)NCC3CCCC3)cc12. The van der Waals surface area contributed by atoms with Gasteiger partial charge >= 0.3 is 5.97 Å². The van der Waals surface area contributed by atoms with E-state index in [0.717, 1.165) is 28.7 Å². The molecule has 0 bridgehead atoms. The molecule has 1 amide bonds. The zero-order chi connectivity index (χ0) is 22.0. The number of carbonyl (C=O) groups excluding carboxylic acids is 1. The Morgan fingerprint density at radius 1 is 1.19 bits per heavy atom. The summed E-state index contributed by atoms with van der Waals surface area (Å²) in [6.07, 6.45) is 4.87. The molecule has 7 heteroatoms. The highest BCUT2D eigenvalue weighted by atomic mass is 16.5. The number of methoxy groups -OCH3 is 1. The molecular formula is C24H27N3O4. The van der Waals surface area contributed by atoms with Gasteiger partial charge in [0.15, 0.2) is 0 Å². The van der Waals surface area contributed by atoms with Gasteiger partial charge in [-0.3, -0.25) is 9.89 Å². The normalized spacial score (nSPS) is 15.2. The summed E-state index contributed by atoms with van der Waals surface area (Å²) >= 11 is 0. The number of hydrogen-bond acceptors (Lipinski definition) is 4. The number of carbonyl (C=O) groups is 2. The zero-order valence-corrected chi connectivity index (χ0v) is 17.8. The first-order valence-electron chi connectivity index (χ1n) is 10.7. The highest BCUT2D eigenvalue weighted by molar-refractivity contribution is 5.98. The van der Waals surface area contributed by atoms with Crippen LogP contribution in [0, 0.1) is 5.92 Å². The second-order valence-electron chi connectivity index (χ2n) is 8.21. The molecule has 2 aromatic carbocycles. The van der Waals surface area contributed by atoms with Gasteiger partial charge in [0.1, 0.15) is 5.75 Å². The van der Waals surface area contributed by atoms with Crippen LogP contribution < -0.4 is 10.1 Å². The number of nitrogens with one attached hydrogen (secondary N) is 2. The van der Waals surface area contributed by atoms with Crippen molar-refractivity contribution >= 4 is 22.8 Å². The van der Waals surface area contributed by atoms with E-state index >= 15 is 0 Å². The molecule has 0 radical (unpaired) electrons. The lowest BCUT2D eigenvalue weighted by Gasteiger charge is -2.15. The van der Waals surface area contributed by atoms with Crippen molar-refractivity contribution in [2.45, 2.75) is 38.5 Å². The Hall–Kier alpha value is -3.35. The van der Waals surface area contributed by atoms with Gasteiger partial charge in [-0.1, -0.05) is 25.8 Å². The average Bonchev–Trinajstić information content (AvgIpc) is 3.45. The molecule has 3 aromatic rings. The summed E-state index contributed by atoms with van der Waals surface area (Å²) < 4.78 is 5.44. The predicted octanol–water partition coefficient (Wildman–Crippen LogP) is 4.34. The Morgan fingerprint density at radius 3 is 2.65 bits per heavy atom. The number of carboxylic acids is 1. The van der Waals surface area contributed by atoms with Crippen LogP contribution in [0.5, 0.6) is 5.75 Å². The standard InChI is InChI=1S/C24H27N3O4/c1-14(18-9-7-17(24(29)30)12-21(18)31-2)22-19-11-16(8-10-20(19)26-27-22)23(28)25-13-15-5-3-4-6-15/h7-12,14-15H,3-6,13H2,1-2H3,(H,25,28)(H,26,27)(H,29,30). The summed E-state index contributed by atoms with van der Waals surface area (Å²) in [4.78, 5) is 24.0. The third-order valence-electron chi connectivity index (χ3n) is 6.24. The van der Waals surface area contributed by atoms with Crippen LogP contribution in [0.3, 0.4) is 0 Å². The summed E-state index contributed by atoms with van der Waals surface area (Å²) in [6, 6.07) is 10.4. The van der Waals surface area contributed by atoms with Gasteiger partial charge in [0.2, 0.25) is 0 Å². The van der Waals surface area contributed by atoms with Gasteiger partial charge in [-0.15, -0.1) is 0 Å². The van der Waals surface area contributed by atoms with Crippen LogP contribution in [0.4, 0.5) is 0 Å². The molecule has 0 spiro atoms. The zero-order valence-electron chi connectivity index (χ0n) is 17.8. The van der Waals surface area contributed by atoms with Crippen molar-refractivity contribution in [3.8, 4) is 5.75 Å². The Kier molecular flexibility index (Phi) is 5.93. The number of carboxylic acid groups (broad SMARTS) is 1. The van der Waals surface area contributed by atoms with Gasteiger partial charge in [0, 0.05) is 29.0 Å². The van der Waals surface area contributed by atoms with Crippen LogP contribution in [0.25, 0.3) is 10.9 Å². The number of aromatic nitrogens is 2. The molecule has 31 heavy (non-hydrogen) atoms. The van der Waals surface area contributed by atoms with E-state index in [1.807, 2.05) is 19.1 Å². The molecule has 3 N–H and O–H groups in total. The maximum absolute atomic E-state index is 12.7. The number of amides is 1. The number of aromatic carboxylic acids is 1. The van der Waals surface area contributed by atoms with E-state index in [9.17, 15) is 14.7 Å². The first-order valence-corrected chi connectivity index (χ1v) is 10.7. The second kappa shape index (κ2) is 8.79. The van der Waals surface area contributed by atoms with Crippen molar-refractivity contribution < 1.29 is 19.4 Å². The monoisotopic (exact) mass is 421 g/mol. The van der Waals surface area contributed by atoms with Gasteiger partial charge in [-0.05, 0) is 49.1 Å². The largest absolute Gasteiger partial charge is 0.496 e. The Bertz CT molecular complexity index is 1120. The number of ether oxygens (including phenoxy) is 1. The molecule has 162 valence electrons. The van der Waals surface area contributed by atoms with Crippen LogP contribution in [-0.2, 0) is 0 Å². The fraction of sp³-hybridized carbons (Fsp3) is 0.375. The van der Waals surface area contributed by atoms with E-state index in [-0.39, 0.29) is 17.4 Å². The molecule has 1 aliphatic carbocycles. The molecule has 1 fully saturated rings. The van der Waals surface area contributed by atoms with Crippen molar-refractivity contribution in [2.24, 2.45) is 5.92 Å². The molecule has 1 atom stereocenters. The van der Waals surface area contributed by atoms with Crippen LogP contribution >= 0.6 is 0 Å². The molecule has 4 rings (SSSR count). The lowest BCUT2D eigenvalue weighted by Crippen LogP contribution is -2.28. The van der Waals surface area contributed by atoms with E-state index in [1.54, 1.807) is 18.2 Å². The third kappa shape index (κ3) is 4.26. The minimum atomic E-state index is -1.00. The lowest BCUT2D eigenvalue weighted by atomic mass is 9.93. The van der Waals surface area contributed by atoms with Crippen molar-refractivity contribution in [2.75, 3.05) is 13.7 Å². The molecular weight excluding hydrogens is 394 g/mol. The topological polar surface area (TPSA) is 104 Å². The maximum Gasteiger partial charge on any atom is 0.335 e. The number of rotatable bonds is 7. The van der Waals surface area contributed by atoms with Crippen LogP contribution in [0.15, 0.2) is 36.4 Å². The van der Waals surface area contributed by atoms with Gasteiger partial charge in [0.05, 0.1) is 23.9 Å². The molecule has 1 saturated carbocycles. The van der Waals surface area contributed by atoms with Gasteiger partial charge in [0.25, 0.3) is 5.91 Å². The summed E-state index contributed by atoms with van der Waals surface area (Å²) in [5.74, 6) is -0.163. The maximum atomic E-state index is 12.7. The van der Waals surface area contributed by atoms with Crippen LogP contribution in [0.1, 0.15) is 70.5 Å². The quantitative estimate of drug-likeness (QED) is 0.526. The summed E-state index contributed by atoms with van der Waals surface area (Å²) in [7, 11) is 1.52. The highest BCUT2D eigenvalue weighted by Gasteiger charge is 2.21. The first-order chi connectivity index (χ1) is 15.0. The minimum absolute atomic E-state index is 0.0722. The van der Waals surface area contributed by atoms with E-state index in [2.05, 4.69) is 15.5 Å². The average molecular weight is 421 g/mol. The van der Waals surface area contributed by atoms with Crippen LogP contribution in [-0.4, -0.2) is 40.8 Å². The van der Waals surface area contributed by atoms with Crippen molar-refractivity contribution in [3.05, 3.63) is 58.8 Å². The number of fused-ring (bicyclic) bond motifs is 1. The van der Waals surface area contributed by atoms with E-state index in [0.29, 0.717) is 17.2 Å². The third-order valence-corrected chi connectivity index (χ3v) is 6.24. The second-order valence-corrected chi connectivity index (χ2v) is 8.21. The summed E-state index contributed by atoms with van der Waals surface area (Å²) in [5.41, 5.74) is 3.23. The number of nitrogens with zero attached hydrogens (tertiary/aromatic N) is 1. The van der Waals surface area contributed by atoms with Crippen molar-refractivity contribution in [1.29, 1.82) is 0 Å². The molecule has 1 aromatic heterocycles. The molecule has 1 heterocycles. The Balaban J connectivity index is 1.61. The number of hydrogen-bond donors (Lipinski definition) is 3. The smallest absolute Gasteiger partial charge is 0.335 e. The number of H-pyrrole nitrogens is 1. The fourth-order valence-electron chi connectivity index (χ4n) is 4.41. The molecule has 1 aliphatic rings. The van der Waals surface area contributed by atoms with E-state index < -0.39 is 5.97 Å². The molecule has 0 aliphatic heterocycles. The molecule has 1 unspecified atom stereocenters. The highest BCUT2D eigenvalue weighted by Crippen LogP contribution is 2.35. The fourth-order valence-corrected chi connectivity index (χ4v) is 4.41. The summed E-state index contributed by atoms with van der Waals surface area (Å²) in [6.45, 7) is 2.71. The van der Waals surface area contributed by atoms with Crippen molar-refractivity contribution in [3.63, 3.8) is 0 Å².